The lowest BCUT2D eigenvalue weighted by Gasteiger charge is -1.96. The molecular formula is C11H12Cl2O. The fourth-order valence-electron chi connectivity index (χ4n) is 1.10. The first-order chi connectivity index (χ1) is 6.72. The molecule has 0 heterocycles. The predicted octanol–water partition coefficient (Wildman–Crippen LogP) is 3.78. The van der Waals surface area contributed by atoms with Crippen LogP contribution in [-0.2, 0) is 0 Å². The summed E-state index contributed by atoms with van der Waals surface area (Å²) >= 11 is 11.7. The van der Waals surface area contributed by atoms with Crippen LogP contribution in [0, 0.1) is 0 Å². The third-order valence-electron chi connectivity index (χ3n) is 1.72. The third-order valence-corrected chi connectivity index (χ3v) is 2.16. The van der Waals surface area contributed by atoms with E-state index < -0.39 is 0 Å². The molecule has 0 atom stereocenters. The normalized spacial score (nSPS) is 11.1. The second kappa shape index (κ2) is 6.07. The van der Waals surface area contributed by atoms with Crippen molar-refractivity contribution in [1.29, 1.82) is 0 Å². The average molecular weight is 231 g/mol. The van der Waals surface area contributed by atoms with E-state index >= 15 is 0 Å². The molecule has 0 aliphatic rings. The zero-order valence-electron chi connectivity index (χ0n) is 7.71. The van der Waals surface area contributed by atoms with Crippen molar-refractivity contribution in [1.82, 2.24) is 0 Å². The van der Waals surface area contributed by atoms with Crippen LogP contribution in [-0.4, -0.2) is 11.7 Å². The molecule has 0 amide bonds. The van der Waals surface area contributed by atoms with Crippen LogP contribution >= 0.6 is 23.2 Å². The van der Waals surface area contributed by atoms with E-state index in [4.69, 9.17) is 28.3 Å². The molecule has 0 saturated heterocycles. The molecule has 0 spiro atoms. The van der Waals surface area contributed by atoms with Gasteiger partial charge in [0.05, 0.1) is 0 Å². The van der Waals surface area contributed by atoms with Crippen molar-refractivity contribution in [2.45, 2.75) is 12.8 Å². The molecule has 0 aliphatic carbocycles. The number of hydrogen-bond acceptors (Lipinski definition) is 1. The molecule has 0 unspecified atom stereocenters. The second-order valence-corrected chi connectivity index (χ2v) is 3.84. The predicted molar refractivity (Wildman–Crippen MR) is 61.8 cm³/mol. The van der Waals surface area contributed by atoms with Crippen LogP contribution in [0.4, 0.5) is 0 Å². The van der Waals surface area contributed by atoms with Gasteiger partial charge in [-0.3, -0.25) is 0 Å². The van der Waals surface area contributed by atoms with Crippen molar-refractivity contribution in [2.24, 2.45) is 0 Å². The third kappa shape index (κ3) is 4.14. The molecule has 0 aromatic heterocycles. The van der Waals surface area contributed by atoms with E-state index in [-0.39, 0.29) is 6.61 Å². The Bertz CT molecular complexity index is 301. The van der Waals surface area contributed by atoms with Crippen molar-refractivity contribution >= 4 is 29.3 Å². The van der Waals surface area contributed by atoms with Gasteiger partial charge in [0.25, 0.3) is 0 Å². The molecular weight excluding hydrogens is 219 g/mol. The summed E-state index contributed by atoms with van der Waals surface area (Å²) in [6, 6.07) is 5.40. The Morgan fingerprint density at radius 2 is 1.79 bits per heavy atom. The average Bonchev–Trinajstić information content (AvgIpc) is 2.11. The molecule has 0 aliphatic heterocycles. The Balaban J connectivity index is 2.62. The van der Waals surface area contributed by atoms with Crippen LogP contribution < -0.4 is 0 Å². The van der Waals surface area contributed by atoms with Gasteiger partial charge in [-0.15, -0.1) is 0 Å². The molecule has 76 valence electrons. The summed E-state index contributed by atoms with van der Waals surface area (Å²) in [7, 11) is 0. The van der Waals surface area contributed by atoms with Crippen LogP contribution in [0.2, 0.25) is 10.0 Å². The van der Waals surface area contributed by atoms with Gasteiger partial charge in [-0.05, 0) is 36.6 Å². The van der Waals surface area contributed by atoms with E-state index in [0.29, 0.717) is 10.0 Å². The molecule has 1 N–H and O–H groups in total. The number of benzene rings is 1. The van der Waals surface area contributed by atoms with Crippen molar-refractivity contribution in [3.05, 3.63) is 39.9 Å². The zero-order valence-corrected chi connectivity index (χ0v) is 9.22. The van der Waals surface area contributed by atoms with Gasteiger partial charge >= 0.3 is 0 Å². The molecule has 1 aromatic carbocycles. The van der Waals surface area contributed by atoms with Crippen LogP contribution in [0.15, 0.2) is 24.3 Å². The van der Waals surface area contributed by atoms with Gasteiger partial charge in [-0.1, -0.05) is 35.4 Å². The number of hydrogen-bond donors (Lipinski definition) is 1. The van der Waals surface area contributed by atoms with Crippen molar-refractivity contribution in [2.75, 3.05) is 6.61 Å². The summed E-state index contributed by atoms with van der Waals surface area (Å²) < 4.78 is 0. The quantitative estimate of drug-likeness (QED) is 0.782. The minimum atomic E-state index is 0.223. The first-order valence-electron chi connectivity index (χ1n) is 4.46. The van der Waals surface area contributed by atoms with Crippen molar-refractivity contribution in [3.8, 4) is 0 Å². The van der Waals surface area contributed by atoms with E-state index in [1.807, 2.05) is 24.3 Å². The Hall–Kier alpha value is -0.500. The largest absolute Gasteiger partial charge is 0.396 e. The summed E-state index contributed by atoms with van der Waals surface area (Å²) in [6.45, 7) is 0.223. The van der Waals surface area contributed by atoms with E-state index in [0.717, 1.165) is 18.4 Å². The fourth-order valence-corrected chi connectivity index (χ4v) is 1.64. The fraction of sp³-hybridized carbons (Fsp3) is 0.273. The van der Waals surface area contributed by atoms with Gasteiger partial charge < -0.3 is 5.11 Å². The summed E-state index contributed by atoms with van der Waals surface area (Å²) in [5, 5.41) is 9.85. The molecule has 0 fully saturated rings. The molecule has 1 rings (SSSR count). The first-order valence-corrected chi connectivity index (χ1v) is 5.21. The summed E-state index contributed by atoms with van der Waals surface area (Å²) in [4.78, 5) is 0. The summed E-state index contributed by atoms with van der Waals surface area (Å²) in [6.07, 6.45) is 5.59. The number of rotatable bonds is 4. The number of aliphatic hydroxyl groups is 1. The summed E-state index contributed by atoms with van der Waals surface area (Å²) in [5.74, 6) is 0. The lowest BCUT2D eigenvalue weighted by molar-refractivity contribution is 0.290. The Morgan fingerprint density at radius 1 is 1.14 bits per heavy atom. The van der Waals surface area contributed by atoms with Gasteiger partial charge in [0.15, 0.2) is 0 Å². The van der Waals surface area contributed by atoms with E-state index in [1.54, 1.807) is 6.07 Å². The molecule has 14 heavy (non-hydrogen) atoms. The van der Waals surface area contributed by atoms with Gasteiger partial charge in [-0.25, -0.2) is 0 Å². The maximum atomic E-state index is 8.58. The van der Waals surface area contributed by atoms with Gasteiger partial charge in [0.1, 0.15) is 0 Å². The highest BCUT2D eigenvalue weighted by atomic mass is 35.5. The monoisotopic (exact) mass is 230 g/mol. The number of halogens is 2. The van der Waals surface area contributed by atoms with E-state index in [2.05, 4.69) is 0 Å². The Morgan fingerprint density at radius 3 is 2.36 bits per heavy atom. The van der Waals surface area contributed by atoms with Gasteiger partial charge in [0, 0.05) is 16.7 Å². The topological polar surface area (TPSA) is 20.2 Å². The van der Waals surface area contributed by atoms with Crippen LogP contribution in [0.3, 0.4) is 0 Å². The highest BCUT2D eigenvalue weighted by molar-refractivity contribution is 6.34. The molecule has 1 nitrogen and oxygen atoms in total. The minimum Gasteiger partial charge on any atom is -0.396 e. The highest BCUT2D eigenvalue weighted by Crippen LogP contribution is 2.19. The van der Waals surface area contributed by atoms with E-state index in [1.165, 1.54) is 0 Å². The Labute approximate surface area is 94.0 Å². The lowest BCUT2D eigenvalue weighted by atomic mass is 10.2. The molecule has 0 radical (unpaired) electrons. The number of unbranched alkanes of at least 4 members (excludes halogenated alkanes) is 1. The molecule has 3 heteroatoms. The lowest BCUT2D eigenvalue weighted by Crippen LogP contribution is -1.79. The van der Waals surface area contributed by atoms with Gasteiger partial charge in [-0.2, -0.15) is 0 Å². The SMILES string of the molecule is OCCC/C=C/c1cc(Cl)cc(Cl)c1. The second-order valence-electron chi connectivity index (χ2n) is 2.97. The molecule has 0 saturated carbocycles. The van der Waals surface area contributed by atoms with Crippen molar-refractivity contribution in [3.63, 3.8) is 0 Å². The van der Waals surface area contributed by atoms with Crippen LogP contribution in [0.25, 0.3) is 6.08 Å². The smallest absolute Gasteiger partial charge is 0.0433 e. The first kappa shape index (κ1) is 11.6. The molecule has 1 aromatic rings. The summed E-state index contributed by atoms with van der Waals surface area (Å²) in [5.41, 5.74) is 0.987. The van der Waals surface area contributed by atoms with E-state index in [9.17, 15) is 0 Å². The maximum absolute atomic E-state index is 8.58. The van der Waals surface area contributed by atoms with Gasteiger partial charge in [0.2, 0.25) is 0 Å². The Kier molecular flexibility index (Phi) is 5.02. The van der Waals surface area contributed by atoms with Crippen molar-refractivity contribution < 1.29 is 5.11 Å². The number of aliphatic hydroxyl groups excluding tert-OH is 1. The van der Waals surface area contributed by atoms with Crippen LogP contribution in [0.5, 0.6) is 0 Å². The minimum absolute atomic E-state index is 0.223. The molecule has 0 bridgehead atoms. The van der Waals surface area contributed by atoms with Crippen LogP contribution in [0.1, 0.15) is 18.4 Å². The highest BCUT2D eigenvalue weighted by Gasteiger charge is 1.94. The number of allylic oxidation sites excluding steroid dienone is 1. The zero-order chi connectivity index (χ0) is 10.4. The maximum Gasteiger partial charge on any atom is 0.0433 e. The standard InChI is InChI=1S/C11H12Cl2O/c12-10-6-9(7-11(13)8-10)4-2-1-3-5-14/h2,4,6-8,14H,1,3,5H2/b4-2+.